The maximum atomic E-state index is 5.19. The van der Waals surface area contributed by atoms with Crippen LogP contribution >= 0.6 is 0 Å². The van der Waals surface area contributed by atoms with E-state index in [9.17, 15) is 0 Å². The number of benzene rings is 1. The van der Waals surface area contributed by atoms with Crippen molar-refractivity contribution in [3.05, 3.63) is 42.0 Å². The van der Waals surface area contributed by atoms with Gasteiger partial charge in [-0.15, -0.1) is 0 Å². The molecule has 1 aromatic carbocycles. The number of rotatable bonds is 4. The van der Waals surface area contributed by atoms with Crippen LogP contribution in [0.4, 0.5) is 11.5 Å². The van der Waals surface area contributed by atoms with Crippen LogP contribution in [0.1, 0.15) is 24.3 Å². The minimum atomic E-state index is 0.857. The summed E-state index contributed by atoms with van der Waals surface area (Å²) in [5.74, 6) is 1.96. The second kappa shape index (κ2) is 7.39. The third kappa shape index (κ3) is 3.42. The maximum Gasteiger partial charge on any atom is 0.139 e. The van der Waals surface area contributed by atoms with Gasteiger partial charge in [-0.25, -0.2) is 9.97 Å². The van der Waals surface area contributed by atoms with Crippen LogP contribution in [0.2, 0.25) is 0 Å². The molecule has 2 aromatic heterocycles. The van der Waals surface area contributed by atoms with Gasteiger partial charge in [0.2, 0.25) is 0 Å². The number of aromatic nitrogens is 3. The zero-order chi connectivity index (χ0) is 18.9. The molecule has 0 spiro atoms. The largest absolute Gasteiger partial charge is 0.369 e. The standard InChI is InChI=1S/C21H26N6O/c1-16-12-17(24-28-16)14-25-8-10-26(11-9-25)18-4-5-20-19(13-18)21(23-15-22-20)27-6-2-3-7-27/h4-5,12-13,15H,2-3,6-11,14H2,1H3. The average molecular weight is 378 g/mol. The first-order valence-electron chi connectivity index (χ1n) is 10.2. The van der Waals surface area contributed by atoms with E-state index in [1.165, 1.54) is 23.9 Å². The van der Waals surface area contributed by atoms with Gasteiger partial charge in [0.25, 0.3) is 0 Å². The number of fused-ring (bicyclic) bond motifs is 1. The van der Waals surface area contributed by atoms with E-state index < -0.39 is 0 Å². The molecule has 4 heterocycles. The number of hydrogen-bond acceptors (Lipinski definition) is 7. The quantitative estimate of drug-likeness (QED) is 0.692. The van der Waals surface area contributed by atoms with Crippen LogP contribution in [0.5, 0.6) is 0 Å². The van der Waals surface area contributed by atoms with Crippen molar-refractivity contribution in [2.75, 3.05) is 49.1 Å². The predicted molar refractivity (Wildman–Crippen MR) is 110 cm³/mol. The van der Waals surface area contributed by atoms with Crippen molar-refractivity contribution >= 4 is 22.4 Å². The Morgan fingerprint density at radius 1 is 0.929 bits per heavy atom. The molecule has 0 N–H and O–H groups in total. The van der Waals surface area contributed by atoms with Crippen molar-refractivity contribution in [2.24, 2.45) is 0 Å². The van der Waals surface area contributed by atoms with Crippen LogP contribution in [0.3, 0.4) is 0 Å². The normalized spacial score (nSPS) is 18.3. The topological polar surface area (TPSA) is 61.5 Å². The Labute approximate surface area is 164 Å². The number of piperazine rings is 1. The number of nitrogens with zero attached hydrogens (tertiary/aromatic N) is 6. The van der Waals surface area contributed by atoms with Crippen LogP contribution in [0.25, 0.3) is 10.9 Å². The molecule has 2 saturated heterocycles. The monoisotopic (exact) mass is 378 g/mol. The van der Waals surface area contributed by atoms with Crippen LogP contribution in [-0.4, -0.2) is 59.3 Å². The number of hydrogen-bond donors (Lipinski definition) is 0. The van der Waals surface area contributed by atoms with Gasteiger partial charge in [0.15, 0.2) is 0 Å². The molecule has 0 radical (unpaired) electrons. The SMILES string of the molecule is Cc1cc(CN2CCN(c3ccc4ncnc(N5CCCC5)c4c3)CC2)no1. The number of anilines is 2. The Balaban J connectivity index is 1.32. The summed E-state index contributed by atoms with van der Waals surface area (Å²) in [7, 11) is 0. The molecule has 2 fully saturated rings. The van der Waals surface area contributed by atoms with Crippen LogP contribution in [0, 0.1) is 6.92 Å². The molecule has 7 heteroatoms. The molecule has 2 aliphatic rings. The molecule has 0 aliphatic carbocycles. The van der Waals surface area contributed by atoms with Crippen molar-refractivity contribution in [2.45, 2.75) is 26.3 Å². The average Bonchev–Trinajstić information content (AvgIpc) is 3.40. The van der Waals surface area contributed by atoms with E-state index in [0.29, 0.717) is 0 Å². The van der Waals surface area contributed by atoms with Gasteiger partial charge in [-0.1, -0.05) is 5.16 Å². The third-order valence-corrected chi connectivity index (χ3v) is 5.80. The van der Waals surface area contributed by atoms with Crippen molar-refractivity contribution < 1.29 is 4.52 Å². The highest BCUT2D eigenvalue weighted by Crippen LogP contribution is 2.30. The minimum Gasteiger partial charge on any atom is -0.369 e. The van der Waals surface area contributed by atoms with Gasteiger partial charge in [-0.3, -0.25) is 4.90 Å². The Kier molecular flexibility index (Phi) is 4.60. The van der Waals surface area contributed by atoms with Crippen molar-refractivity contribution in [1.29, 1.82) is 0 Å². The molecule has 7 nitrogen and oxygen atoms in total. The molecule has 3 aromatic rings. The lowest BCUT2D eigenvalue weighted by Crippen LogP contribution is -2.46. The number of aryl methyl sites for hydroxylation is 1. The first kappa shape index (κ1) is 17.4. The van der Waals surface area contributed by atoms with E-state index in [1.54, 1.807) is 6.33 Å². The predicted octanol–water partition coefficient (Wildman–Crippen LogP) is 2.85. The minimum absolute atomic E-state index is 0.857. The van der Waals surface area contributed by atoms with E-state index in [2.05, 4.69) is 48.0 Å². The zero-order valence-corrected chi connectivity index (χ0v) is 16.3. The smallest absolute Gasteiger partial charge is 0.139 e. The Morgan fingerprint density at radius 3 is 2.50 bits per heavy atom. The summed E-state index contributed by atoms with van der Waals surface area (Å²) in [6.45, 7) is 9.05. The lowest BCUT2D eigenvalue weighted by Gasteiger charge is -2.35. The van der Waals surface area contributed by atoms with Crippen LogP contribution in [-0.2, 0) is 6.54 Å². The van der Waals surface area contributed by atoms with E-state index in [0.717, 1.165) is 68.6 Å². The highest BCUT2D eigenvalue weighted by Gasteiger charge is 2.21. The molecular weight excluding hydrogens is 352 g/mol. The van der Waals surface area contributed by atoms with E-state index in [1.807, 2.05) is 13.0 Å². The Morgan fingerprint density at radius 2 is 1.75 bits per heavy atom. The lowest BCUT2D eigenvalue weighted by molar-refractivity contribution is 0.242. The summed E-state index contributed by atoms with van der Waals surface area (Å²) < 4.78 is 5.19. The molecule has 28 heavy (non-hydrogen) atoms. The van der Waals surface area contributed by atoms with Crippen molar-refractivity contribution in [3.63, 3.8) is 0 Å². The summed E-state index contributed by atoms with van der Waals surface area (Å²) in [4.78, 5) is 16.4. The molecule has 0 unspecified atom stereocenters. The Bertz CT molecular complexity index is 956. The molecule has 0 amide bonds. The highest BCUT2D eigenvalue weighted by molar-refractivity contribution is 5.92. The van der Waals surface area contributed by atoms with Gasteiger partial charge in [0.05, 0.1) is 11.2 Å². The summed E-state index contributed by atoms with van der Waals surface area (Å²) in [5, 5.41) is 5.29. The van der Waals surface area contributed by atoms with Crippen molar-refractivity contribution in [3.8, 4) is 0 Å². The molecule has 2 aliphatic heterocycles. The molecule has 0 atom stereocenters. The van der Waals surface area contributed by atoms with Gasteiger partial charge < -0.3 is 14.3 Å². The van der Waals surface area contributed by atoms with Gasteiger partial charge in [-0.2, -0.15) is 0 Å². The molecule has 146 valence electrons. The Hall–Kier alpha value is -2.67. The van der Waals surface area contributed by atoms with Crippen LogP contribution in [0.15, 0.2) is 35.1 Å². The van der Waals surface area contributed by atoms with Gasteiger partial charge >= 0.3 is 0 Å². The second-order valence-electron chi connectivity index (χ2n) is 7.78. The van der Waals surface area contributed by atoms with Gasteiger partial charge in [-0.05, 0) is 38.0 Å². The van der Waals surface area contributed by atoms with E-state index in [-0.39, 0.29) is 0 Å². The lowest BCUT2D eigenvalue weighted by atomic mass is 10.1. The summed E-state index contributed by atoms with van der Waals surface area (Å²) >= 11 is 0. The first-order chi connectivity index (χ1) is 13.8. The fraction of sp³-hybridized carbons (Fsp3) is 0.476. The molecule has 0 saturated carbocycles. The fourth-order valence-corrected chi connectivity index (χ4v) is 4.29. The fourth-order valence-electron chi connectivity index (χ4n) is 4.29. The van der Waals surface area contributed by atoms with Crippen LogP contribution < -0.4 is 9.80 Å². The van der Waals surface area contributed by atoms with E-state index in [4.69, 9.17) is 4.52 Å². The van der Waals surface area contributed by atoms with Gasteiger partial charge in [0.1, 0.15) is 17.9 Å². The summed E-state index contributed by atoms with van der Waals surface area (Å²) in [6, 6.07) is 8.63. The summed E-state index contributed by atoms with van der Waals surface area (Å²) in [6.07, 6.45) is 4.19. The highest BCUT2D eigenvalue weighted by atomic mass is 16.5. The molecule has 5 rings (SSSR count). The van der Waals surface area contributed by atoms with Gasteiger partial charge in [0, 0.05) is 63.0 Å². The van der Waals surface area contributed by atoms with E-state index >= 15 is 0 Å². The second-order valence-corrected chi connectivity index (χ2v) is 7.78. The maximum absolute atomic E-state index is 5.19. The third-order valence-electron chi connectivity index (χ3n) is 5.80. The summed E-state index contributed by atoms with van der Waals surface area (Å²) in [5.41, 5.74) is 3.31. The van der Waals surface area contributed by atoms with Crippen molar-refractivity contribution in [1.82, 2.24) is 20.0 Å². The zero-order valence-electron chi connectivity index (χ0n) is 16.3. The molecule has 0 bridgehead atoms. The molecular formula is C21H26N6O. The first-order valence-corrected chi connectivity index (χ1v) is 10.2.